The molecular formula is C32H21ClN4O5. The molecule has 0 aromatic heterocycles. The quantitative estimate of drug-likeness (QED) is 0.186. The monoisotopic (exact) mass is 576 g/mol. The topological polar surface area (TPSA) is 122 Å². The smallest absolute Gasteiger partial charge is 0.269 e. The first-order valence-electron chi connectivity index (χ1n) is 13.2. The van der Waals surface area contributed by atoms with Gasteiger partial charge in [0.2, 0.25) is 5.91 Å². The summed E-state index contributed by atoms with van der Waals surface area (Å²) in [6.07, 6.45) is 1.62. The molecular weight excluding hydrogens is 556 g/mol. The van der Waals surface area contributed by atoms with E-state index in [0.29, 0.717) is 21.8 Å². The van der Waals surface area contributed by atoms with Crippen LogP contribution in [0, 0.1) is 15.5 Å². The Bertz CT molecular complexity index is 1800. The van der Waals surface area contributed by atoms with E-state index in [4.69, 9.17) is 11.6 Å². The number of ketones is 2. The van der Waals surface area contributed by atoms with E-state index in [-0.39, 0.29) is 16.8 Å². The van der Waals surface area contributed by atoms with Crippen molar-refractivity contribution in [3.8, 4) is 0 Å². The van der Waals surface area contributed by atoms with Crippen LogP contribution in [0.1, 0.15) is 49.4 Å². The molecule has 3 atom stereocenters. The van der Waals surface area contributed by atoms with Crippen molar-refractivity contribution < 1.29 is 19.3 Å². The molecule has 1 N–H and O–H groups in total. The molecule has 10 heteroatoms. The standard InChI is InChI=1S/C32H21ClN4O5/c33-20-11-13-21(14-12-20)35-31(40)27-26(18-9-15-22(16-10-18)37(41)42)32(29(38)24-7-3-4-8-25(24)30(32)39)28-23-6-2-1-5-19(23)17-34-36(27)28/h1-17,26-28H,(H,35,40)/t26-,27+,28-/m0/s1. The number of carbonyl (C=O) groups is 3. The molecule has 7 rings (SSSR count). The van der Waals surface area contributed by atoms with Crippen molar-refractivity contribution in [1.29, 1.82) is 0 Å². The van der Waals surface area contributed by atoms with Crippen LogP contribution in [0.15, 0.2) is 102 Å². The van der Waals surface area contributed by atoms with Gasteiger partial charge in [-0.15, -0.1) is 0 Å². The SMILES string of the molecule is O=C(Nc1ccc(Cl)cc1)[C@H]1[C@H](c2ccc([N+](=O)[O-])cc2)C2(C(=O)c3ccccc3C2=O)[C@@H]2c3ccccc3C=NN21. The number of hydrogen-bond acceptors (Lipinski definition) is 7. The van der Waals surface area contributed by atoms with Crippen LogP contribution in [0.5, 0.6) is 0 Å². The predicted octanol–water partition coefficient (Wildman–Crippen LogP) is 5.81. The molecule has 1 aliphatic carbocycles. The number of amides is 1. The highest BCUT2D eigenvalue weighted by Crippen LogP contribution is 2.64. The fraction of sp³-hybridized carbons (Fsp3) is 0.125. The summed E-state index contributed by atoms with van der Waals surface area (Å²) in [4.78, 5) is 54.5. The molecule has 4 aromatic carbocycles. The summed E-state index contributed by atoms with van der Waals surface area (Å²) in [5.74, 6) is -2.34. The molecule has 3 aliphatic rings. The van der Waals surface area contributed by atoms with Crippen molar-refractivity contribution in [2.45, 2.75) is 18.0 Å². The molecule has 206 valence electrons. The lowest BCUT2D eigenvalue weighted by atomic mass is 9.63. The molecule has 2 heterocycles. The van der Waals surface area contributed by atoms with Gasteiger partial charge in [0.15, 0.2) is 11.6 Å². The molecule has 0 unspecified atom stereocenters. The molecule has 0 radical (unpaired) electrons. The number of benzene rings is 4. The van der Waals surface area contributed by atoms with E-state index >= 15 is 0 Å². The number of anilines is 1. The molecule has 1 spiro atoms. The van der Waals surface area contributed by atoms with Crippen LogP contribution < -0.4 is 5.32 Å². The van der Waals surface area contributed by atoms with E-state index in [1.807, 2.05) is 24.3 Å². The fourth-order valence-electron chi connectivity index (χ4n) is 6.70. The lowest BCUT2D eigenvalue weighted by molar-refractivity contribution is -0.384. The molecule has 0 bridgehead atoms. The summed E-state index contributed by atoms with van der Waals surface area (Å²) >= 11 is 6.05. The van der Waals surface area contributed by atoms with E-state index < -0.39 is 45.8 Å². The van der Waals surface area contributed by atoms with Crippen LogP contribution in [0.4, 0.5) is 11.4 Å². The largest absolute Gasteiger partial charge is 0.324 e. The summed E-state index contributed by atoms with van der Waals surface area (Å²) in [6, 6.07) is 24.2. The van der Waals surface area contributed by atoms with E-state index in [2.05, 4.69) is 10.4 Å². The van der Waals surface area contributed by atoms with Crippen LogP contribution in [0.2, 0.25) is 5.02 Å². The number of nitro benzene ring substituents is 1. The molecule has 1 saturated heterocycles. The molecule has 1 amide bonds. The van der Waals surface area contributed by atoms with Gasteiger partial charge < -0.3 is 5.32 Å². The minimum atomic E-state index is -1.77. The molecule has 4 aromatic rings. The van der Waals surface area contributed by atoms with Crippen LogP contribution in [0.25, 0.3) is 0 Å². The maximum absolute atomic E-state index is 14.7. The summed E-state index contributed by atoms with van der Waals surface area (Å²) in [7, 11) is 0. The second-order valence-electron chi connectivity index (χ2n) is 10.5. The lowest BCUT2D eigenvalue weighted by Crippen LogP contribution is -2.44. The van der Waals surface area contributed by atoms with Gasteiger partial charge in [0, 0.05) is 39.9 Å². The lowest BCUT2D eigenvalue weighted by Gasteiger charge is -2.36. The molecule has 0 saturated carbocycles. The fourth-order valence-corrected chi connectivity index (χ4v) is 6.83. The van der Waals surface area contributed by atoms with Gasteiger partial charge in [0.25, 0.3) is 5.69 Å². The average molecular weight is 577 g/mol. The van der Waals surface area contributed by atoms with Crippen LogP contribution in [0.3, 0.4) is 0 Å². The summed E-state index contributed by atoms with van der Waals surface area (Å²) in [6.45, 7) is 0. The highest BCUT2D eigenvalue weighted by atomic mass is 35.5. The zero-order valence-corrected chi connectivity index (χ0v) is 22.6. The van der Waals surface area contributed by atoms with Crippen molar-refractivity contribution in [3.05, 3.63) is 140 Å². The van der Waals surface area contributed by atoms with E-state index in [1.54, 1.807) is 59.8 Å². The summed E-state index contributed by atoms with van der Waals surface area (Å²) < 4.78 is 0. The van der Waals surface area contributed by atoms with Crippen molar-refractivity contribution >= 4 is 46.7 Å². The van der Waals surface area contributed by atoms with E-state index in [1.165, 1.54) is 24.3 Å². The van der Waals surface area contributed by atoms with Crippen molar-refractivity contribution in [1.82, 2.24) is 5.01 Å². The Morgan fingerprint density at radius 2 is 1.50 bits per heavy atom. The van der Waals surface area contributed by atoms with E-state index in [9.17, 15) is 24.5 Å². The molecule has 9 nitrogen and oxygen atoms in total. The van der Waals surface area contributed by atoms with Gasteiger partial charge >= 0.3 is 0 Å². The summed E-state index contributed by atoms with van der Waals surface area (Å²) in [5.41, 5.74) is 0.968. The van der Waals surface area contributed by atoms with Crippen molar-refractivity contribution in [3.63, 3.8) is 0 Å². The molecule has 42 heavy (non-hydrogen) atoms. The zero-order chi connectivity index (χ0) is 29.2. The van der Waals surface area contributed by atoms with Crippen molar-refractivity contribution in [2.24, 2.45) is 10.5 Å². The number of nitrogens with zero attached hydrogens (tertiary/aromatic N) is 3. The number of halogens is 1. The Hall–Kier alpha value is -5.15. The first-order chi connectivity index (χ1) is 20.3. The first kappa shape index (κ1) is 25.8. The number of fused-ring (bicyclic) bond motifs is 5. The number of hydrogen-bond donors (Lipinski definition) is 1. The van der Waals surface area contributed by atoms with Crippen LogP contribution in [-0.2, 0) is 4.79 Å². The second-order valence-corrected chi connectivity index (χ2v) is 10.9. The zero-order valence-electron chi connectivity index (χ0n) is 21.8. The maximum atomic E-state index is 14.7. The van der Waals surface area contributed by atoms with Gasteiger partial charge in [-0.2, -0.15) is 5.10 Å². The Labute approximate surface area is 244 Å². The van der Waals surface area contributed by atoms with Gasteiger partial charge in [-0.1, -0.05) is 72.3 Å². The third kappa shape index (κ3) is 3.56. The number of Topliss-reactive ketones (excluding diaryl/α,β-unsaturated/α-hetero) is 2. The third-order valence-corrected chi connectivity index (χ3v) is 8.67. The van der Waals surface area contributed by atoms with Crippen LogP contribution in [-0.4, -0.2) is 39.7 Å². The number of hydrazone groups is 1. The maximum Gasteiger partial charge on any atom is 0.269 e. The average Bonchev–Trinajstić information content (AvgIpc) is 3.44. The Kier molecular flexibility index (Phi) is 5.81. The normalized spacial score (nSPS) is 21.2. The second kappa shape index (κ2) is 9.46. The minimum absolute atomic E-state index is 0.151. The molecule has 1 fully saturated rings. The Balaban J connectivity index is 1.48. The number of non-ortho nitro benzene ring substituents is 1. The molecule has 2 aliphatic heterocycles. The van der Waals surface area contributed by atoms with E-state index in [0.717, 1.165) is 5.56 Å². The number of rotatable bonds is 4. The van der Waals surface area contributed by atoms with Crippen LogP contribution >= 0.6 is 11.6 Å². The Morgan fingerprint density at radius 3 is 2.14 bits per heavy atom. The highest BCUT2D eigenvalue weighted by Gasteiger charge is 2.72. The Morgan fingerprint density at radius 1 is 0.881 bits per heavy atom. The van der Waals surface area contributed by atoms with Gasteiger partial charge in [-0.05, 0) is 41.0 Å². The van der Waals surface area contributed by atoms with Gasteiger partial charge in [-0.25, -0.2) is 0 Å². The van der Waals surface area contributed by atoms with Gasteiger partial charge in [0.1, 0.15) is 11.5 Å². The minimum Gasteiger partial charge on any atom is -0.324 e. The number of nitrogens with one attached hydrogen (secondary N) is 1. The third-order valence-electron chi connectivity index (χ3n) is 8.42. The highest BCUT2D eigenvalue weighted by molar-refractivity contribution is 6.31. The number of nitro groups is 1. The number of carbonyl (C=O) groups excluding carboxylic acids is 3. The van der Waals surface area contributed by atoms with Crippen molar-refractivity contribution in [2.75, 3.05) is 5.32 Å². The van der Waals surface area contributed by atoms with Gasteiger partial charge in [-0.3, -0.25) is 29.5 Å². The van der Waals surface area contributed by atoms with Gasteiger partial charge in [0.05, 0.1) is 17.2 Å². The first-order valence-corrected chi connectivity index (χ1v) is 13.6. The predicted molar refractivity (Wildman–Crippen MR) is 156 cm³/mol. The summed E-state index contributed by atoms with van der Waals surface area (Å²) in [5, 5.41) is 21.1.